The average Bonchev–Trinajstić information content (AvgIpc) is 3.31. The van der Waals surface area contributed by atoms with Crippen molar-refractivity contribution in [1.82, 2.24) is 20.1 Å². The zero-order chi connectivity index (χ0) is 28.9. The monoisotopic (exact) mass is 559 g/mol. The van der Waals surface area contributed by atoms with E-state index in [1.807, 2.05) is 102 Å². The number of piperidine rings is 1. The predicted molar refractivity (Wildman–Crippen MR) is 161 cm³/mol. The van der Waals surface area contributed by atoms with Crippen LogP contribution in [0.3, 0.4) is 0 Å². The van der Waals surface area contributed by atoms with Gasteiger partial charge in [-0.15, -0.1) is 0 Å². The number of likely N-dealkylation sites (tertiary alicyclic amines) is 1. The van der Waals surface area contributed by atoms with Gasteiger partial charge in [0.2, 0.25) is 0 Å². The standard InChI is InChI=1S/C34H33N5O3/c35-33-37-34(28-11-3-1-4-12-28,29-13-7-9-26(21-29)27-10-8-18-36-22-27)32(41)39(33)23-25-16-19-38(20-17-25)31(40)24-42-30-14-5-2-6-15-30/h1-15,18,21-22,25H,16-17,19-20,23-24H2,(H2,35,37). The first-order valence-electron chi connectivity index (χ1n) is 14.3. The molecule has 0 saturated carbocycles. The average molecular weight is 560 g/mol. The summed E-state index contributed by atoms with van der Waals surface area (Å²) in [5.41, 5.74) is 2.23. The number of hydrogen-bond acceptors (Lipinski definition) is 5. The summed E-state index contributed by atoms with van der Waals surface area (Å²) in [5.74, 6) is 0.721. The van der Waals surface area contributed by atoms with Crippen LogP contribution in [0.2, 0.25) is 0 Å². The number of carbonyl (C=O) groups excluding carboxylic acids is 2. The molecule has 4 aromatic rings. The third-order valence-corrected chi connectivity index (χ3v) is 8.15. The van der Waals surface area contributed by atoms with Gasteiger partial charge >= 0.3 is 0 Å². The van der Waals surface area contributed by atoms with Crippen molar-refractivity contribution in [1.29, 1.82) is 5.41 Å². The number of benzene rings is 3. The summed E-state index contributed by atoms with van der Waals surface area (Å²) in [6.07, 6.45) is 5.04. The third kappa shape index (κ3) is 5.35. The third-order valence-electron chi connectivity index (χ3n) is 8.15. The van der Waals surface area contributed by atoms with Gasteiger partial charge in [-0.2, -0.15) is 0 Å². The van der Waals surface area contributed by atoms with Crippen LogP contribution in [-0.4, -0.2) is 58.8 Å². The minimum absolute atomic E-state index is 0.00552. The highest BCUT2D eigenvalue weighted by Crippen LogP contribution is 2.38. The molecule has 0 spiro atoms. The van der Waals surface area contributed by atoms with E-state index in [4.69, 9.17) is 10.1 Å². The van der Waals surface area contributed by atoms with Gasteiger partial charge in [0.15, 0.2) is 18.1 Å². The second-order valence-electron chi connectivity index (χ2n) is 10.8. The highest BCUT2D eigenvalue weighted by molar-refractivity contribution is 6.10. The zero-order valence-corrected chi connectivity index (χ0v) is 23.3. The highest BCUT2D eigenvalue weighted by Gasteiger charge is 2.52. The van der Waals surface area contributed by atoms with Crippen molar-refractivity contribution in [2.24, 2.45) is 5.92 Å². The van der Waals surface area contributed by atoms with Crippen LogP contribution in [0.25, 0.3) is 11.1 Å². The van der Waals surface area contributed by atoms with Crippen LogP contribution in [-0.2, 0) is 15.1 Å². The van der Waals surface area contributed by atoms with Gasteiger partial charge < -0.3 is 15.0 Å². The molecule has 2 saturated heterocycles. The molecule has 212 valence electrons. The number of ether oxygens (including phenoxy) is 1. The van der Waals surface area contributed by atoms with Crippen molar-refractivity contribution in [2.45, 2.75) is 18.4 Å². The number of aromatic nitrogens is 1. The first kappa shape index (κ1) is 27.2. The van der Waals surface area contributed by atoms with E-state index in [2.05, 4.69) is 10.3 Å². The maximum atomic E-state index is 14.4. The maximum absolute atomic E-state index is 14.4. The predicted octanol–water partition coefficient (Wildman–Crippen LogP) is 4.68. The van der Waals surface area contributed by atoms with Crippen molar-refractivity contribution in [3.05, 3.63) is 121 Å². The van der Waals surface area contributed by atoms with E-state index in [0.29, 0.717) is 25.4 Å². The summed E-state index contributed by atoms with van der Waals surface area (Å²) < 4.78 is 5.64. The number of para-hydroxylation sites is 1. The first-order chi connectivity index (χ1) is 20.5. The van der Waals surface area contributed by atoms with Crippen molar-refractivity contribution >= 4 is 17.8 Å². The number of nitrogens with zero attached hydrogens (tertiary/aromatic N) is 3. The van der Waals surface area contributed by atoms with E-state index in [9.17, 15) is 9.59 Å². The van der Waals surface area contributed by atoms with E-state index in [1.54, 1.807) is 17.3 Å². The summed E-state index contributed by atoms with van der Waals surface area (Å²) >= 11 is 0. The summed E-state index contributed by atoms with van der Waals surface area (Å²) in [4.78, 5) is 34.8. The Morgan fingerprint density at radius 2 is 1.60 bits per heavy atom. The van der Waals surface area contributed by atoms with Gasteiger partial charge in [-0.05, 0) is 65.3 Å². The first-order valence-corrected chi connectivity index (χ1v) is 14.3. The molecule has 42 heavy (non-hydrogen) atoms. The van der Waals surface area contributed by atoms with E-state index in [-0.39, 0.29) is 30.3 Å². The molecule has 1 aromatic heterocycles. The van der Waals surface area contributed by atoms with Gasteiger partial charge in [-0.25, -0.2) is 0 Å². The Bertz CT molecular complexity index is 1560. The molecule has 2 N–H and O–H groups in total. The molecule has 3 heterocycles. The smallest absolute Gasteiger partial charge is 0.264 e. The van der Waals surface area contributed by atoms with E-state index < -0.39 is 5.54 Å². The minimum Gasteiger partial charge on any atom is -0.484 e. The Morgan fingerprint density at radius 1 is 0.905 bits per heavy atom. The van der Waals surface area contributed by atoms with Crippen LogP contribution in [0.5, 0.6) is 5.75 Å². The minimum atomic E-state index is -1.22. The quantitative estimate of drug-likeness (QED) is 0.327. The lowest BCUT2D eigenvalue weighted by atomic mass is 9.81. The molecule has 0 aliphatic carbocycles. The zero-order valence-electron chi connectivity index (χ0n) is 23.3. The molecule has 2 aliphatic rings. The molecule has 3 aromatic carbocycles. The highest BCUT2D eigenvalue weighted by atomic mass is 16.5. The number of guanidine groups is 1. The fraction of sp³-hybridized carbons (Fsp3) is 0.235. The lowest BCUT2D eigenvalue weighted by molar-refractivity contribution is -0.135. The molecular weight excluding hydrogens is 526 g/mol. The number of hydrogen-bond donors (Lipinski definition) is 2. The van der Waals surface area contributed by atoms with Crippen LogP contribution in [0.15, 0.2) is 109 Å². The van der Waals surface area contributed by atoms with Crippen LogP contribution in [0, 0.1) is 11.3 Å². The van der Waals surface area contributed by atoms with E-state index >= 15 is 0 Å². The Kier molecular flexibility index (Phi) is 7.68. The molecule has 2 amide bonds. The van der Waals surface area contributed by atoms with Gasteiger partial charge in [-0.1, -0.05) is 72.8 Å². The van der Waals surface area contributed by atoms with Crippen molar-refractivity contribution in [3.8, 4) is 16.9 Å². The molecule has 1 unspecified atom stereocenters. The maximum Gasteiger partial charge on any atom is 0.264 e. The Hall–Kier alpha value is -4.98. The molecule has 2 aliphatic heterocycles. The second kappa shape index (κ2) is 11.9. The number of carbonyl (C=O) groups is 2. The topological polar surface area (TPSA) is 98.6 Å². The van der Waals surface area contributed by atoms with Crippen LogP contribution in [0.4, 0.5) is 0 Å². The van der Waals surface area contributed by atoms with E-state index in [0.717, 1.165) is 35.1 Å². The van der Waals surface area contributed by atoms with Crippen LogP contribution >= 0.6 is 0 Å². The lowest BCUT2D eigenvalue weighted by Crippen LogP contribution is -2.46. The molecular formula is C34H33N5O3. The molecule has 2 fully saturated rings. The molecule has 0 bridgehead atoms. The molecule has 8 nitrogen and oxygen atoms in total. The van der Waals surface area contributed by atoms with Crippen molar-refractivity contribution in [2.75, 3.05) is 26.2 Å². The van der Waals surface area contributed by atoms with Gasteiger partial charge in [0.05, 0.1) is 0 Å². The van der Waals surface area contributed by atoms with Gasteiger partial charge in [0, 0.05) is 32.0 Å². The van der Waals surface area contributed by atoms with Crippen LogP contribution in [0.1, 0.15) is 24.0 Å². The normalized spacial score (nSPS) is 19.0. The Balaban J connectivity index is 1.18. The van der Waals surface area contributed by atoms with Crippen molar-refractivity contribution < 1.29 is 14.3 Å². The number of rotatable bonds is 8. The molecule has 1 atom stereocenters. The number of nitrogens with one attached hydrogen (secondary N) is 2. The number of amides is 2. The van der Waals surface area contributed by atoms with Crippen LogP contribution < -0.4 is 10.1 Å². The van der Waals surface area contributed by atoms with Gasteiger partial charge in [0.25, 0.3) is 11.8 Å². The fourth-order valence-electron chi connectivity index (χ4n) is 5.86. The van der Waals surface area contributed by atoms with Gasteiger partial charge in [-0.3, -0.25) is 24.9 Å². The largest absolute Gasteiger partial charge is 0.484 e. The fourth-order valence-corrected chi connectivity index (χ4v) is 5.86. The summed E-state index contributed by atoms with van der Waals surface area (Å²) in [6, 6.07) is 30.7. The lowest BCUT2D eigenvalue weighted by Gasteiger charge is -2.34. The Labute approximate surface area is 245 Å². The summed E-state index contributed by atoms with van der Waals surface area (Å²) in [5, 5.41) is 12.2. The summed E-state index contributed by atoms with van der Waals surface area (Å²) in [6.45, 7) is 1.62. The SMILES string of the molecule is N=C1NC(c2ccccc2)(c2cccc(-c3cccnc3)c2)C(=O)N1CC1CCN(C(=O)COc2ccccc2)CC1. The van der Waals surface area contributed by atoms with Gasteiger partial charge in [0.1, 0.15) is 5.75 Å². The Morgan fingerprint density at radius 3 is 2.31 bits per heavy atom. The van der Waals surface area contributed by atoms with Crippen molar-refractivity contribution in [3.63, 3.8) is 0 Å². The van der Waals surface area contributed by atoms with E-state index in [1.165, 1.54) is 0 Å². The molecule has 0 radical (unpaired) electrons. The number of pyridine rings is 1. The molecule has 6 rings (SSSR count). The summed E-state index contributed by atoms with van der Waals surface area (Å²) in [7, 11) is 0. The second-order valence-corrected chi connectivity index (χ2v) is 10.8. The molecule has 8 heteroatoms.